The molecule has 4 bridgehead atoms. The van der Waals surface area contributed by atoms with Gasteiger partial charge in [-0.15, -0.1) is 0 Å². The minimum absolute atomic E-state index is 0.119. The number of rotatable bonds is 2. The quantitative estimate of drug-likeness (QED) is 0.511. The lowest BCUT2D eigenvalue weighted by Gasteiger charge is -2.57. The number of hydrogen-bond donors (Lipinski definition) is 0. The molecule has 7 rings (SSSR count). The van der Waals surface area contributed by atoms with E-state index in [1.807, 2.05) is 0 Å². The largest absolute Gasteiger partial charge is 0.0587 e. The van der Waals surface area contributed by atoms with E-state index in [1.165, 1.54) is 60.8 Å². The SMILES string of the molecule is CC(C)c1ccc2c(c1)C(C)(C)c1cc(C34CC5CC(CC(C5)C3)C4)ccc1-2. The van der Waals surface area contributed by atoms with Crippen molar-refractivity contribution in [2.45, 2.75) is 83.0 Å². The fourth-order valence-corrected chi connectivity index (χ4v) is 7.91. The normalized spacial score (nSPS) is 34.0. The highest BCUT2D eigenvalue weighted by molar-refractivity contribution is 5.81. The standard InChI is InChI=1S/C28H34/c1-17(2)21-5-7-23-24-8-6-22(13-26(24)27(3,4)25(23)12-21)28-14-18-9-19(15-28)11-20(10-18)16-28/h5-8,12-13,17-20H,9-11,14-16H2,1-4H3. The Morgan fingerprint density at radius 3 is 1.86 bits per heavy atom. The van der Waals surface area contributed by atoms with Gasteiger partial charge in [0.15, 0.2) is 0 Å². The fourth-order valence-electron chi connectivity index (χ4n) is 7.91. The van der Waals surface area contributed by atoms with Crippen LogP contribution in [0.2, 0.25) is 0 Å². The zero-order chi connectivity index (χ0) is 19.3. The lowest BCUT2D eigenvalue weighted by molar-refractivity contribution is -0.00522. The van der Waals surface area contributed by atoms with Crippen LogP contribution >= 0.6 is 0 Å². The van der Waals surface area contributed by atoms with Gasteiger partial charge in [-0.1, -0.05) is 64.1 Å². The Morgan fingerprint density at radius 1 is 0.750 bits per heavy atom. The molecule has 0 amide bonds. The van der Waals surface area contributed by atoms with Crippen LogP contribution in [0.1, 0.15) is 94.4 Å². The Labute approximate surface area is 170 Å². The van der Waals surface area contributed by atoms with Crippen molar-refractivity contribution in [2.24, 2.45) is 17.8 Å². The Bertz CT molecular complexity index is 923. The minimum Gasteiger partial charge on any atom is -0.0587 e. The van der Waals surface area contributed by atoms with Crippen molar-refractivity contribution >= 4 is 0 Å². The minimum atomic E-state index is 0.119. The summed E-state index contributed by atoms with van der Waals surface area (Å²) in [6.45, 7) is 9.51. The van der Waals surface area contributed by atoms with Crippen molar-refractivity contribution < 1.29 is 0 Å². The smallest absolute Gasteiger partial charge is 0.0159 e. The van der Waals surface area contributed by atoms with E-state index >= 15 is 0 Å². The number of fused-ring (bicyclic) bond motifs is 3. The molecule has 4 saturated carbocycles. The summed E-state index contributed by atoms with van der Waals surface area (Å²) in [6.07, 6.45) is 8.96. The van der Waals surface area contributed by atoms with Crippen LogP contribution in [0.5, 0.6) is 0 Å². The molecule has 0 heteroatoms. The van der Waals surface area contributed by atoms with Gasteiger partial charge in [0.25, 0.3) is 0 Å². The molecular formula is C28H34. The average Bonchev–Trinajstić information content (AvgIpc) is 2.87. The molecule has 0 aliphatic heterocycles. The molecule has 0 radical (unpaired) electrons. The third-order valence-corrected chi connectivity index (χ3v) is 9.02. The summed E-state index contributed by atoms with van der Waals surface area (Å²) in [7, 11) is 0. The van der Waals surface area contributed by atoms with Gasteiger partial charge in [0, 0.05) is 5.41 Å². The lowest BCUT2D eigenvalue weighted by Crippen LogP contribution is -2.48. The van der Waals surface area contributed by atoms with Crippen LogP contribution in [0.15, 0.2) is 36.4 Å². The van der Waals surface area contributed by atoms with Crippen molar-refractivity contribution in [1.29, 1.82) is 0 Å². The molecule has 0 heterocycles. The predicted octanol–water partition coefficient (Wildman–Crippen LogP) is 7.58. The molecule has 0 N–H and O–H groups in total. The van der Waals surface area contributed by atoms with Crippen LogP contribution < -0.4 is 0 Å². The molecule has 146 valence electrons. The predicted molar refractivity (Wildman–Crippen MR) is 118 cm³/mol. The van der Waals surface area contributed by atoms with Crippen molar-refractivity contribution in [1.82, 2.24) is 0 Å². The van der Waals surface area contributed by atoms with E-state index in [-0.39, 0.29) is 5.41 Å². The van der Waals surface area contributed by atoms with E-state index in [9.17, 15) is 0 Å². The second-order valence-corrected chi connectivity index (χ2v) is 11.5. The lowest BCUT2D eigenvalue weighted by atomic mass is 9.48. The van der Waals surface area contributed by atoms with Crippen LogP contribution in [-0.2, 0) is 10.8 Å². The topological polar surface area (TPSA) is 0 Å². The van der Waals surface area contributed by atoms with E-state index in [4.69, 9.17) is 0 Å². The first-order valence-electron chi connectivity index (χ1n) is 11.7. The molecule has 5 aliphatic rings. The van der Waals surface area contributed by atoms with Gasteiger partial charge in [0.05, 0.1) is 0 Å². The summed E-state index contributed by atoms with van der Waals surface area (Å²) in [5.41, 5.74) is 9.85. The monoisotopic (exact) mass is 370 g/mol. The zero-order valence-electron chi connectivity index (χ0n) is 18.0. The molecule has 2 aromatic carbocycles. The molecule has 2 aromatic rings. The summed E-state index contributed by atoms with van der Waals surface area (Å²) in [4.78, 5) is 0. The molecule has 0 saturated heterocycles. The Hall–Kier alpha value is -1.56. The summed E-state index contributed by atoms with van der Waals surface area (Å²) in [5, 5.41) is 0. The first-order valence-corrected chi connectivity index (χ1v) is 11.7. The van der Waals surface area contributed by atoms with Gasteiger partial charge in [-0.3, -0.25) is 0 Å². The maximum absolute atomic E-state index is 2.65. The first kappa shape index (κ1) is 17.3. The van der Waals surface area contributed by atoms with E-state index in [2.05, 4.69) is 64.1 Å². The summed E-state index contributed by atoms with van der Waals surface area (Å²) in [6, 6.07) is 14.9. The van der Waals surface area contributed by atoms with Gasteiger partial charge in [-0.25, -0.2) is 0 Å². The van der Waals surface area contributed by atoms with Gasteiger partial charge in [0.2, 0.25) is 0 Å². The number of benzene rings is 2. The highest BCUT2D eigenvalue weighted by Crippen LogP contribution is 2.61. The zero-order valence-corrected chi connectivity index (χ0v) is 18.0. The second-order valence-electron chi connectivity index (χ2n) is 11.5. The summed E-state index contributed by atoms with van der Waals surface area (Å²) >= 11 is 0. The summed E-state index contributed by atoms with van der Waals surface area (Å²) in [5.74, 6) is 3.63. The molecule has 0 nitrogen and oxygen atoms in total. The third kappa shape index (κ3) is 2.24. The molecule has 0 unspecified atom stereocenters. The van der Waals surface area contributed by atoms with Crippen molar-refractivity contribution in [3.8, 4) is 11.1 Å². The van der Waals surface area contributed by atoms with Gasteiger partial charge in [-0.2, -0.15) is 0 Å². The van der Waals surface area contributed by atoms with Crippen LogP contribution in [0.3, 0.4) is 0 Å². The van der Waals surface area contributed by atoms with Gasteiger partial charge < -0.3 is 0 Å². The Morgan fingerprint density at radius 2 is 1.29 bits per heavy atom. The molecule has 28 heavy (non-hydrogen) atoms. The summed E-state index contributed by atoms with van der Waals surface area (Å²) < 4.78 is 0. The molecule has 5 aliphatic carbocycles. The second kappa shape index (κ2) is 5.53. The van der Waals surface area contributed by atoms with Crippen LogP contribution in [-0.4, -0.2) is 0 Å². The highest BCUT2D eigenvalue weighted by Gasteiger charge is 2.52. The van der Waals surface area contributed by atoms with Crippen LogP contribution in [0, 0.1) is 17.8 Å². The molecule has 0 aromatic heterocycles. The Balaban J connectivity index is 1.46. The average molecular weight is 371 g/mol. The molecule has 0 atom stereocenters. The van der Waals surface area contributed by atoms with Crippen molar-refractivity contribution in [3.63, 3.8) is 0 Å². The Kier molecular flexibility index (Phi) is 3.42. The van der Waals surface area contributed by atoms with E-state index in [1.54, 1.807) is 11.1 Å². The fraction of sp³-hybridized carbons (Fsp3) is 0.571. The number of hydrogen-bond acceptors (Lipinski definition) is 0. The maximum atomic E-state index is 2.65. The highest BCUT2D eigenvalue weighted by atomic mass is 14.6. The van der Waals surface area contributed by atoms with Crippen LogP contribution in [0.25, 0.3) is 11.1 Å². The van der Waals surface area contributed by atoms with E-state index < -0.39 is 0 Å². The van der Waals surface area contributed by atoms with Gasteiger partial charge >= 0.3 is 0 Å². The van der Waals surface area contributed by atoms with Gasteiger partial charge in [0.1, 0.15) is 0 Å². The molecule has 4 fully saturated rings. The maximum Gasteiger partial charge on any atom is 0.0159 e. The van der Waals surface area contributed by atoms with Crippen molar-refractivity contribution in [2.75, 3.05) is 0 Å². The van der Waals surface area contributed by atoms with E-state index in [0.29, 0.717) is 11.3 Å². The molecular weight excluding hydrogens is 336 g/mol. The van der Waals surface area contributed by atoms with Gasteiger partial charge in [-0.05, 0) is 101 Å². The third-order valence-electron chi connectivity index (χ3n) is 9.02. The molecule has 0 spiro atoms. The van der Waals surface area contributed by atoms with E-state index in [0.717, 1.165) is 17.8 Å². The first-order chi connectivity index (χ1) is 13.4. The van der Waals surface area contributed by atoms with Crippen LogP contribution in [0.4, 0.5) is 0 Å². The van der Waals surface area contributed by atoms with Crippen molar-refractivity contribution in [3.05, 3.63) is 58.7 Å².